The van der Waals surface area contributed by atoms with Crippen molar-refractivity contribution in [2.45, 2.75) is 17.9 Å². The molecule has 5 rings (SSSR count). The van der Waals surface area contributed by atoms with Crippen LogP contribution in [0, 0.1) is 0 Å². The second-order valence-corrected chi connectivity index (χ2v) is 10.6. The number of nitrogens with zero attached hydrogens (tertiary/aromatic N) is 3. The van der Waals surface area contributed by atoms with E-state index >= 15 is 0 Å². The predicted molar refractivity (Wildman–Crippen MR) is 170 cm³/mol. The minimum atomic E-state index is -1.39. The van der Waals surface area contributed by atoms with Crippen LogP contribution in [0.25, 0.3) is 21.8 Å². The van der Waals surface area contributed by atoms with Crippen molar-refractivity contribution >= 4 is 21.8 Å². The van der Waals surface area contributed by atoms with Crippen LogP contribution in [0.4, 0.5) is 0 Å². The van der Waals surface area contributed by atoms with Crippen molar-refractivity contribution in [3.8, 4) is 11.8 Å². The molecule has 1 unspecified atom stereocenters. The van der Waals surface area contributed by atoms with Crippen molar-refractivity contribution in [3.63, 3.8) is 0 Å². The zero-order valence-corrected chi connectivity index (χ0v) is 24.2. The molecule has 6 heteroatoms. The van der Waals surface area contributed by atoms with Crippen molar-refractivity contribution in [3.05, 3.63) is 133 Å². The van der Waals surface area contributed by atoms with Crippen LogP contribution in [0.3, 0.4) is 0 Å². The molecule has 2 heterocycles. The van der Waals surface area contributed by atoms with Gasteiger partial charge >= 0.3 is 0 Å². The lowest BCUT2D eigenvalue weighted by Crippen LogP contribution is -2.38. The van der Waals surface area contributed by atoms with Gasteiger partial charge in [-0.3, -0.25) is 0 Å². The first-order valence-corrected chi connectivity index (χ1v) is 14.1. The van der Waals surface area contributed by atoms with Gasteiger partial charge in [-0.15, -0.1) is 0 Å². The van der Waals surface area contributed by atoms with Gasteiger partial charge in [0, 0.05) is 28.4 Å². The molecule has 0 bridgehead atoms. The van der Waals surface area contributed by atoms with Gasteiger partial charge in [-0.25, -0.2) is 9.97 Å². The number of hydrogen-bond acceptors (Lipinski definition) is 6. The molecule has 0 aliphatic heterocycles. The summed E-state index contributed by atoms with van der Waals surface area (Å²) in [6.07, 6.45) is 3.82. The van der Waals surface area contributed by atoms with E-state index in [1.165, 1.54) is 0 Å². The highest BCUT2D eigenvalue weighted by atomic mass is 16.5. The number of para-hydroxylation sites is 2. The molecule has 2 aromatic heterocycles. The Bertz CT molecular complexity index is 1590. The first-order valence-electron chi connectivity index (χ1n) is 14.1. The molecule has 3 aromatic carbocycles. The molecule has 0 radical (unpaired) electrons. The lowest BCUT2D eigenvalue weighted by molar-refractivity contribution is 0.00295. The van der Waals surface area contributed by atoms with Crippen LogP contribution in [-0.4, -0.2) is 53.8 Å². The Morgan fingerprint density at radius 1 is 0.762 bits per heavy atom. The number of aliphatic hydroxyl groups is 1. The summed E-state index contributed by atoms with van der Waals surface area (Å²) in [6, 6.07) is 29.8. The Morgan fingerprint density at radius 2 is 1.24 bits per heavy atom. The SMILES string of the molecule is C=CCOc1nc2ccccc2cc1C(c1cc2ccccc2nc1OCC=C)C(O)(CCN(C)C)c1ccccc1. The summed E-state index contributed by atoms with van der Waals surface area (Å²) in [6.45, 7) is 8.87. The van der Waals surface area contributed by atoms with Crippen molar-refractivity contribution in [1.29, 1.82) is 0 Å². The fourth-order valence-electron chi connectivity index (χ4n) is 5.41. The van der Waals surface area contributed by atoms with Gasteiger partial charge in [0.15, 0.2) is 0 Å². The average molecular weight is 560 g/mol. The minimum absolute atomic E-state index is 0.266. The third-order valence-corrected chi connectivity index (χ3v) is 7.42. The number of benzene rings is 3. The monoisotopic (exact) mass is 559 g/mol. The van der Waals surface area contributed by atoms with Crippen LogP contribution in [-0.2, 0) is 5.60 Å². The first kappa shape index (κ1) is 29.0. The van der Waals surface area contributed by atoms with Gasteiger partial charge in [-0.05, 0) is 50.3 Å². The fraction of sp³-hybridized carbons (Fsp3) is 0.222. The van der Waals surface area contributed by atoms with Gasteiger partial charge in [0.05, 0.1) is 17.0 Å². The normalized spacial score (nSPS) is 12.9. The van der Waals surface area contributed by atoms with E-state index in [9.17, 15) is 5.11 Å². The second-order valence-electron chi connectivity index (χ2n) is 10.6. The molecule has 0 saturated carbocycles. The molecule has 1 N–H and O–H groups in total. The van der Waals surface area contributed by atoms with E-state index in [2.05, 4.69) is 30.2 Å². The summed E-state index contributed by atoms with van der Waals surface area (Å²) in [5.74, 6) is 0.204. The van der Waals surface area contributed by atoms with Gasteiger partial charge in [-0.2, -0.15) is 0 Å². The average Bonchev–Trinajstić information content (AvgIpc) is 3.02. The second kappa shape index (κ2) is 13.0. The maximum atomic E-state index is 13.1. The lowest BCUT2D eigenvalue weighted by Gasteiger charge is -2.39. The quantitative estimate of drug-likeness (QED) is 0.159. The lowest BCUT2D eigenvalue weighted by atomic mass is 9.71. The summed E-state index contributed by atoms with van der Waals surface area (Å²) in [5.41, 5.74) is 2.47. The molecule has 214 valence electrons. The van der Waals surface area contributed by atoms with Crippen LogP contribution in [0.15, 0.2) is 116 Å². The molecule has 0 aliphatic carbocycles. The highest BCUT2D eigenvalue weighted by molar-refractivity contribution is 5.82. The first-order chi connectivity index (χ1) is 20.4. The van der Waals surface area contributed by atoms with Crippen molar-refractivity contribution < 1.29 is 14.6 Å². The molecule has 0 spiro atoms. The molecule has 42 heavy (non-hydrogen) atoms. The number of aromatic nitrogens is 2. The molecule has 0 aliphatic rings. The van der Waals surface area contributed by atoms with Crippen molar-refractivity contribution in [1.82, 2.24) is 14.9 Å². The van der Waals surface area contributed by atoms with Crippen LogP contribution in [0.1, 0.15) is 29.0 Å². The molecule has 0 amide bonds. The van der Waals surface area contributed by atoms with Crippen molar-refractivity contribution in [2.24, 2.45) is 0 Å². The molecule has 0 fully saturated rings. The standard InChI is InChI=1S/C36H37N3O3/c1-5-22-41-34-29(24-26-14-10-12-18-31(26)37-34)33(36(40,20-21-39(3)4)28-16-8-7-9-17-28)30-25-27-15-11-13-19-32(27)38-35(30)42-23-6-2/h5-19,24-25,33,40H,1-2,20-23H2,3-4H3. The third kappa shape index (κ3) is 6.05. The zero-order chi connectivity index (χ0) is 29.5. The van der Waals surface area contributed by atoms with Gasteiger partial charge in [0.25, 0.3) is 0 Å². The van der Waals surface area contributed by atoms with Crippen LogP contribution >= 0.6 is 0 Å². The van der Waals surface area contributed by atoms with E-state index in [1.54, 1.807) is 12.2 Å². The highest BCUT2D eigenvalue weighted by Crippen LogP contribution is 2.50. The summed E-state index contributed by atoms with van der Waals surface area (Å²) in [7, 11) is 4.01. The van der Waals surface area contributed by atoms with Crippen LogP contribution < -0.4 is 9.47 Å². The number of hydrogen-bond donors (Lipinski definition) is 1. The van der Waals surface area contributed by atoms with Gasteiger partial charge in [-0.1, -0.05) is 92.0 Å². The summed E-state index contributed by atoms with van der Waals surface area (Å²) >= 11 is 0. The third-order valence-electron chi connectivity index (χ3n) is 7.42. The Labute approximate surface area is 247 Å². The van der Waals surface area contributed by atoms with Crippen LogP contribution in [0.2, 0.25) is 0 Å². The topological polar surface area (TPSA) is 67.7 Å². The number of ether oxygens (including phenoxy) is 2. The summed E-state index contributed by atoms with van der Waals surface area (Å²) < 4.78 is 12.5. The van der Waals surface area contributed by atoms with Crippen molar-refractivity contribution in [2.75, 3.05) is 33.9 Å². The molecular formula is C36H37N3O3. The predicted octanol–water partition coefficient (Wildman–Crippen LogP) is 6.88. The number of rotatable bonds is 13. The van der Waals surface area contributed by atoms with Gasteiger partial charge in [0.2, 0.25) is 11.8 Å². The summed E-state index contributed by atoms with van der Waals surface area (Å²) in [4.78, 5) is 12.0. The van der Waals surface area contributed by atoms with E-state index in [-0.39, 0.29) is 13.2 Å². The molecular weight excluding hydrogens is 522 g/mol. The molecule has 0 saturated heterocycles. The molecule has 6 nitrogen and oxygen atoms in total. The largest absolute Gasteiger partial charge is 0.473 e. The van der Waals surface area contributed by atoms with Gasteiger partial charge in [0.1, 0.15) is 18.8 Å². The minimum Gasteiger partial charge on any atom is -0.473 e. The van der Waals surface area contributed by atoms with E-state index < -0.39 is 11.5 Å². The Morgan fingerprint density at radius 3 is 1.71 bits per heavy atom. The van der Waals surface area contributed by atoms with Crippen LogP contribution in [0.5, 0.6) is 11.8 Å². The van der Waals surface area contributed by atoms with E-state index in [0.29, 0.717) is 24.7 Å². The zero-order valence-electron chi connectivity index (χ0n) is 24.2. The van der Waals surface area contributed by atoms with E-state index in [0.717, 1.165) is 38.5 Å². The van der Waals surface area contributed by atoms with E-state index in [1.807, 2.05) is 93.0 Å². The van der Waals surface area contributed by atoms with Gasteiger partial charge < -0.3 is 19.5 Å². The number of fused-ring (bicyclic) bond motifs is 2. The number of pyridine rings is 2. The molecule has 5 aromatic rings. The Hall–Kier alpha value is -4.52. The maximum absolute atomic E-state index is 13.1. The molecule has 1 atom stereocenters. The smallest absolute Gasteiger partial charge is 0.218 e. The van der Waals surface area contributed by atoms with E-state index in [4.69, 9.17) is 19.4 Å². The summed E-state index contributed by atoms with van der Waals surface area (Å²) in [5, 5.41) is 15.0. The maximum Gasteiger partial charge on any atom is 0.218 e. The Kier molecular flexibility index (Phi) is 8.96. The highest BCUT2D eigenvalue weighted by Gasteiger charge is 2.44. The Balaban J connectivity index is 1.88. The fourth-order valence-corrected chi connectivity index (χ4v) is 5.41.